The fourth-order valence-corrected chi connectivity index (χ4v) is 2.45. The van der Waals surface area contributed by atoms with Crippen molar-refractivity contribution in [1.82, 2.24) is 15.3 Å². The van der Waals surface area contributed by atoms with Gasteiger partial charge < -0.3 is 10.3 Å². The third-order valence-corrected chi connectivity index (χ3v) is 3.80. The highest BCUT2D eigenvalue weighted by Crippen LogP contribution is 2.21. The Morgan fingerprint density at radius 2 is 2.12 bits per heavy atom. The molecule has 4 amide bonds. The molecular weight excluding hydrogens is 324 g/mol. The van der Waals surface area contributed by atoms with Gasteiger partial charge in [0, 0.05) is 18.0 Å². The van der Waals surface area contributed by atoms with E-state index in [-0.39, 0.29) is 24.7 Å². The molecule has 1 aromatic heterocycles. The molecule has 0 spiro atoms. The third-order valence-electron chi connectivity index (χ3n) is 3.80. The summed E-state index contributed by atoms with van der Waals surface area (Å²) < 4.78 is 0. The predicted molar refractivity (Wildman–Crippen MR) is 90.2 cm³/mol. The van der Waals surface area contributed by atoms with E-state index in [1.54, 1.807) is 6.07 Å². The van der Waals surface area contributed by atoms with Crippen molar-refractivity contribution in [3.63, 3.8) is 0 Å². The molecule has 0 radical (unpaired) electrons. The van der Waals surface area contributed by atoms with Gasteiger partial charge in [-0.15, -0.1) is 0 Å². The van der Waals surface area contributed by atoms with Crippen molar-refractivity contribution in [3.8, 4) is 0 Å². The first-order chi connectivity index (χ1) is 11.9. The number of anilines is 1. The van der Waals surface area contributed by atoms with E-state index in [0.717, 1.165) is 16.9 Å². The molecule has 0 fully saturated rings. The molecule has 2 heterocycles. The van der Waals surface area contributed by atoms with Gasteiger partial charge >= 0.3 is 6.03 Å². The number of hydrogen-bond donors (Lipinski definition) is 3. The first kappa shape index (κ1) is 16.7. The fraction of sp³-hybridized carbons (Fsp3) is 0.375. The molecule has 130 valence electrons. The van der Waals surface area contributed by atoms with Gasteiger partial charge in [0.25, 0.3) is 5.91 Å². The lowest BCUT2D eigenvalue weighted by atomic mass is 10.1. The van der Waals surface area contributed by atoms with Gasteiger partial charge in [-0.2, -0.15) is 5.11 Å². The minimum absolute atomic E-state index is 0.0869. The number of nitrogens with one attached hydrogen (secondary N) is 3. The number of imidazole rings is 1. The fourth-order valence-electron chi connectivity index (χ4n) is 2.45. The Balaban J connectivity index is 1.61. The van der Waals surface area contributed by atoms with E-state index < -0.39 is 18.0 Å². The highest BCUT2D eigenvalue weighted by atomic mass is 16.2. The monoisotopic (exact) mass is 342 g/mol. The lowest BCUT2D eigenvalue weighted by molar-refractivity contribution is -0.122. The summed E-state index contributed by atoms with van der Waals surface area (Å²) in [6.45, 7) is 4.10. The maximum atomic E-state index is 12.1. The summed E-state index contributed by atoms with van der Waals surface area (Å²) in [6.07, 6.45) is 0.266. The number of rotatable bonds is 5. The maximum Gasteiger partial charge on any atom is 0.365 e. The van der Waals surface area contributed by atoms with Crippen molar-refractivity contribution in [3.05, 3.63) is 24.0 Å². The molecule has 1 atom stereocenters. The van der Waals surface area contributed by atoms with Crippen molar-refractivity contribution < 1.29 is 14.4 Å². The number of aromatic amines is 1. The smallest absolute Gasteiger partial charge is 0.342 e. The van der Waals surface area contributed by atoms with E-state index in [1.165, 1.54) is 0 Å². The zero-order valence-electron chi connectivity index (χ0n) is 13.9. The van der Waals surface area contributed by atoms with Crippen LogP contribution in [0.25, 0.3) is 11.0 Å². The first-order valence-corrected chi connectivity index (χ1v) is 7.97. The second-order valence-corrected chi connectivity index (χ2v) is 6.12. The van der Waals surface area contributed by atoms with E-state index >= 15 is 0 Å². The molecule has 1 unspecified atom stereocenters. The molecule has 0 aliphatic carbocycles. The van der Waals surface area contributed by atoms with Crippen LogP contribution in [0.1, 0.15) is 38.4 Å². The number of fused-ring (bicyclic) bond motifs is 1. The van der Waals surface area contributed by atoms with Crippen LogP contribution in [0, 0.1) is 0 Å². The number of H-pyrrole nitrogens is 1. The SMILES string of the molecule is CC(C)c1nc2ccc(NC(=O)CCC3N=NC(=O)NC3=O)cc2[nH]1. The van der Waals surface area contributed by atoms with Gasteiger partial charge in [-0.25, -0.2) is 9.78 Å². The Bertz CT molecular complexity index is 870. The van der Waals surface area contributed by atoms with Crippen LogP contribution in [0.3, 0.4) is 0 Å². The Morgan fingerprint density at radius 3 is 2.84 bits per heavy atom. The van der Waals surface area contributed by atoms with Crippen LogP contribution >= 0.6 is 0 Å². The number of azo groups is 1. The second kappa shape index (κ2) is 6.80. The molecule has 3 N–H and O–H groups in total. The second-order valence-electron chi connectivity index (χ2n) is 6.12. The average molecular weight is 342 g/mol. The molecule has 1 aromatic carbocycles. The first-order valence-electron chi connectivity index (χ1n) is 7.97. The van der Waals surface area contributed by atoms with Crippen molar-refractivity contribution in [2.75, 3.05) is 5.32 Å². The number of carbonyl (C=O) groups is 3. The molecule has 1 aliphatic heterocycles. The molecule has 9 heteroatoms. The molecule has 2 aromatic rings. The molecular formula is C16H18N6O3. The Kier molecular flexibility index (Phi) is 4.55. The van der Waals surface area contributed by atoms with Gasteiger partial charge in [0.05, 0.1) is 11.0 Å². The van der Waals surface area contributed by atoms with Gasteiger partial charge in [-0.1, -0.05) is 19.0 Å². The van der Waals surface area contributed by atoms with Crippen LogP contribution in [-0.2, 0) is 9.59 Å². The standard InChI is InChI=1S/C16H18N6O3/c1-8(2)14-18-10-4-3-9(7-12(10)19-14)17-13(23)6-5-11-15(24)20-16(25)22-21-11/h3-4,7-8,11H,5-6H2,1-2H3,(H,17,23)(H,18,19)(H,20,24,25). The molecule has 3 rings (SSSR count). The summed E-state index contributed by atoms with van der Waals surface area (Å²) in [5, 5.41) is 11.7. The van der Waals surface area contributed by atoms with Crippen LogP contribution < -0.4 is 10.6 Å². The summed E-state index contributed by atoms with van der Waals surface area (Å²) >= 11 is 0. The van der Waals surface area contributed by atoms with Gasteiger partial charge in [-0.3, -0.25) is 14.9 Å². The van der Waals surface area contributed by atoms with Crippen molar-refractivity contribution in [1.29, 1.82) is 0 Å². The number of nitrogens with zero attached hydrogens (tertiary/aromatic N) is 3. The van der Waals surface area contributed by atoms with Gasteiger partial charge in [0.2, 0.25) is 5.91 Å². The number of amides is 4. The number of urea groups is 1. The van der Waals surface area contributed by atoms with E-state index in [1.807, 2.05) is 26.0 Å². The van der Waals surface area contributed by atoms with E-state index in [0.29, 0.717) is 5.69 Å². The van der Waals surface area contributed by atoms with Gasteiger partial charge in [0.1, 0.15) is 5.82 Å². The Hall–Kier alpha value is -3.10. The summed E-state index contributed by atoms with van der Waals surface area (Å²) in [5.74, 6) is 0.394. The van der Waals surface area contributed by atoms with Crippen LogP contribution in [0.2, 0.25) is 0 Å². The maximum absolute atomic E-state index is 12.1. The molecule has 0 saturated heterocycles. The van der Waals surface area contributed by atoms with Crippen LogP contribution in [-0.4, -0.2) is 33.9 Å². The van der Waals surface area contributed by atoms with Crippen LogP contribution in [0.15, 0.2) is 28.4 Å². The number of imide groups is 1. The van der Waals surface area contributed by atoms with Crippen LogP contribution in [0.5, 0.6) is 0 Å². The Morgan fingerprint density at radius 1 is 1.32 bits per heavy atom. The number of hydrogen-bond acceptors (Lipinski definition) is 5. The van der Waals surface area contributed by atoms with Gasteiger partial charge in [0.15, 0.2) is 6.04 Å². The molecule has 0 bridgehead atoms. The van der Waals surface area contributed by atoms with Crippen molar-refractivity contribution in [2.24, 2.45) is 10.2 Å². The number of aromatic nitrogens is 2. The van der Waals surface area contributed by atoms with Crippen LogP contribution in [0.4, 0.5) is 10.5 Å². The third kappa shape index (κ3) is 3.87. The summed E-state index contributed by atoms with van der Waals surface area (Å²) in [5.41, 5.74) is 2.33. The Labute approximate surface area is 143 Å². The normalized spacial score (nSPS) is 17.2. The average Bonchev–Trinajstić information content (AvgIpc) is 2.97. The minimum atomic E-state index is -0.813. The van der Waals surface area contributed by atoms with E-state index in [9.17, 15) is 14.4 Å². The quantitative estimate of drug-likeness (QED) is 0.770. The summed E-state index contributed by atoms with van der Waals surface area (Å²) in [7, 11) is 0. The van der Waals surface area contributed by atoms with Crippen molar-refractivity contribution >= 4 is 34.6 Å². The topological polar surface area (TPSA) is 129 Å². The van der Waals surface area contributed by atoms with Gasteiger partial charge in [-0.05, 0) is 24.6 Å². The lowest BCUT2D eigenvalue weighted by Crippen LogP contribution is -2.39. The van der Waals surface area contributed by atoms with Crippen molar-refractivity contribution in [2.45, 2.75) is 38.6 Å². The zero-order valence-corrected chi connectivity index (χ0v) is 13.9. The number of benzene rings is 1. The highest BCUT2D eigenvalue weighted by molar-refractivity contribution is 5.99. The van der Waals surface area contributed by atoms with E-state index in [4.69, 9.17) is 0 Å². The molecule has 0 saturated carbocycles. The molecule has 9 nitrogen and oxygen atoms in total. The molecule has 1 aliphatic rings. The number of carbonyl (C=O) groups excluding carboxylic acids is 3. The van der Waals surface area contributed by atoms with E-state index in [2.05, 4.69) is 30.8 Å². The predicted octanol–water partition coefficient (Wildman–Crippen LogP) is 2.48. The highest BCUT2D eigenvalue weighted by Gasteiger charge is 2.25. The summed E-state index contributed by atoms with van der Waals surface area (Å²) in [6, 6.07) is 3.84. The summed E-state index contributed by atoms with van der Waals surface area (Å²) in [4.78, 5) is 42.2. The lowest BCUT2D eigenvalue weighted by Gasteiger charge is -2.13. The zero-order chi connectivity index (χ0) is 18.0. The molecule has 25 heavy (non-hydrogen) atoms. The minimum Gasteiger partial charge on any atom is -0.342 e. The largest absolute Gasteiger partial charge is 0.365 e.